The largest absolute Gasteiger partial charge is 0.135 e. The van der Waals surface area contributed by atoms with Crippen molar-refractivity contribution in [3.8, 4) is 11.8 Å². The SMILES string of the molecule is C(#Cc1cccc2sc3ccccc3c12)c1ccccc1. The molecular formula is C20H12S. The Labute approximate surface area is 127 Å². The van der Waals surface area contributed by atoms with Crippen LogP contribution < -0.4 is 0 Å². The van der Waals surface area contributed by atoms with Crippen LogP contribution >= 0.6 is 11.3 Å². The summed E-state index contributed by atoms with van der Waals surface area (Å²) in [7, 11) is 0. The van der Waals surface area contributed by atoms with Gasteiger partial charge in [-0.3, -0.25) is 0 Å². The molecule has 0 saturated heterocycles. The number of hydrogen-bond acceptors (Lipinski definition) is 1. The Morgan fingerprint density at radius 2 is 1.38 bits per heavy atom. The van der Waals surface area contributed by atoms with Crippen LogP contribution in [-0.2, 0) is 0 Å². The van der Waals surface area contributed by atoms with Gasteiger partial charge in [0.1, 0.15) is 0 Å². The predicted molar refractivity (Wildman–Crippen MR) is 91.8 cm³/mol. The molecule has 0 atom stereocenters. The Hall–Kier alpha value is -2.56. The molecule has 0 bridgehead atoms. The van der Waals surface area contributed by atoms with E-state index in [1.165, 1.54) is 20.2 Å². The lowest BCUT2D eigenvalue weighted by Gasteiger charge is -1.96. The van der Waals surface area contributed by atoms with Gasteiger partial charge in [0.15, 0.2) is 0 Å². The van der Waals surface area contributed by atoms with E-state index in [0.29, 0.717) is 0 Å². The summed E-state index contributed by atoms with van der Waals surface area (Å²) in [5.41, 5.74) is 2.16. The minimum Gasteiger partial charge on any atom is -0.135 e. The second-order valence-corrected chi connectivity index (χ2v) is 5.98. The van der Waals surface area contributed by atoms with E-state index >= 15 is 0 Å². The van der Waals surface area contributed by atoms with Gasteiger partial charge in [-0.15, -0.1) is 11.3 Å². The second kappa shape index (κ2) is 5.09. The first-order valence-electron chi connectivity index (χ1n) is 6.89. The van der Waals surface area contributed by atoms with Crippen LogP contribution in [0.2, 0.25) is 0 Å². The molecule has 1 aromatic heterocycles. The molecule has 4 rings (SSSR count). The minimum atomic E-state index is 1.05. The van der Waals surface area contributed by atoms with E-state index in [2.05, 4.69) is 54.3 Å². The van der Waals surface area contributed by atoms with Gasteiger partial charge in [-0.2, -0.15) is 0 Å². The van der Waals surface area contributed by atoms with Crippen LogP contribution in [0.3, 0.4) is 0 Å². The normalized spacial score (nSPS) is 10.5. The zero-order chi connectivity index (χ0) is 14.1. The maximum absolute atomic E-state index is 3.34. The van der Waals surface area contributed by atoms with Crippen molar-refractivity contribution in [1.29, 1.82) is 0 Å². The fraction of sp³-hybridized carbons (Fsp3) is 0. The molecular weight excluding hydrogens is 272 g/mol. The van der Waals surface area contributed by atoms with Gasteiger partial charge in [0.05, 0.1) is 0 Å². The van der Waals surface area contributed by atoms with Crippen LogP contribution in [0.4, 0.5) is 0 Å². The summed E-state index contributed by atoms with van der Waals surface area (Å²) in [6, 6.07) is 25.0. The zero-order valence-corrected chi connectivity index (χ0v) is 12.2. The van der Waals surface area contributed by atoms with E-state index in [0.717, 1.165) is 11.1 Å². The van der Waals surface area contributed by atoms with Crippen molar-refractivity contribution in [2.75, 3.05) is 0 Å². The summed E-state index contributed by atoms with van der Waals surface area (Å²) in [5, 5.41) is 2.58. The van der Waals surface area contributed by atoms with E-state index in [4.69, 9.17) is 0 Å². The molecule has 0 N–H and O–H groups in total. The fourth-order valence-corrected chi connectivity index (χ4v) is 3.67. The first-order valence-corrected chi connectivity index (χ1v) is 7.71. The smallest absolute Gasteiger partial charge is 0.0367 e. The van der Waals surface area contributed by atoms with E-state index in [-0.39, 0.29) is 0 Å². The summed E-state index contributed by atoms with van der Waals surface area (Å²) < 4.78 is 2.62. The van der Waals surface area contributed by atoms with Gasteiger partial charge in [-0.05, 0) is 30.3 Å². The zero-order valence-electron chi connectivity index (χ0n) is 11.3. The monoisotopic (exact) mass is 284 g/mol. The Bertz CT molecular complexity index is 982. The van der Waals surface area contributed by atoms with Crippen molar-refractivity contribution in [2.45, 2.75) is 0 Å². The number of fused-ring (bicyclic) bond motifs is 3. The summed E-state index contributed by atoms with van der Waals surface area (Å²) >= 11 is 1.83. The van der Waals surface area contributed by atoms with Gasteiger partial charge >= 0.3 is 0 Å². The second-order valence-electron chi connectivity index (χ2n) is 4.89. The molecule has 0 spiro atoms. The highest BCUT2D eigenvalue weighted by Crippen LogP contribution is 2.35. The molecule has 3 aromatic carbocycles. The highest BCUT2D eigenvalue weighted by molar-refractivity contribution is 7.25. The highest BCUT2D eigenvalue weighted by atomic mass is 32.1. The number of hydrogen-bond donors (Lipinski definition) is 0. The lowest BCUT2D eigenvalue weighted by molar-refractivity contribution is 1.64. The molecule has 0 nitrogen and oxygen atoms in total. The van der Waals surface area contributed by atoms with Crippen LogP contribution in [0.15, 0.2) is 72.8 Å². The molecule has 0 unspecified atom stereocenters. The molecule has 0 aliphatic rings. The maximum atomic E-state index is 3.34. The fourth-order valence-electron chi connectivity index (χ4n) is 2.54. The highest BCUT2D eigenvalue weighted by Gasteiger charge is 2.06. The topological polar surface area (TPSA) is 0 Å². The molecule has 0 radical (unpaired) electrons. The molecule has 0 aliphatic carbocycles. The van der Waals surface area contributed by atoms with Crippen molar-refractivity contribution >= 4 is 31.5 Å². The average Bonchev–Trinajstić information content (AvgIpc) is 2.93. The van der Waals surface area contributed by atoms with E-state index in [1.54, 1.807) is 0 Å². The average molecular weight is 284 g/mol. The molecule has 21 heavy (non-hydrogen) atoms. The van der Waals surface area contributed by atoms with Gasteiger partial charge in [-0.1, -0.05) is 54.3 Å². The summed E-state index contributed by atoms with van der Waals surface area (Å²) in [4.78, 5) is 0. The molecule has 0 saturated carbocycles. The third kappa shape index (κ3) is 2.20. The van der Waals surface area contributed by atoms with Crippen molar-refractivity contribution in [1.82, 2.24) is 0 Å². The lowest BCUT2D eigenvalue weighted by Crippen LogP contribution is -1.77. The summed E-state index contributed by atoms with van der Waals surface area (Å²) in [5.74, 6) is 6.60. The van der Waals surface area contributed by atoms with Crippen molar-refractivity contribution in [3.05, 3.63) is 83.9 Å². The van der Waals surface area contributed by atoms with Gasteiger partial charge in [0.25, 0.3) is 0 Å². The molecule has 1 heterocycles. The van der Waals surface area contributed by atoms with Crippen molar-refractivity contribution in [2.24, 2.45) is 0 Å². The van der Waals surface area contributed by atoms with Crippen LogP contribution in [0.1, 0.15) is 11.1 Å². The van der Waals surface area contributed by atoms with Crippen molar-refractivity contribution < 1.29 is 0 Å². The van der Waals surface area contributed by atoms with Crippen LogP contribution in [-0.4, -0.2) is 0 Å². The molecule has 4 aromatic rings. The molecule has 1 heteroatoms. The van der Waals surface area contributed by atoms with Gasteiger partial charge in [-0.25, -0.2) is 0 Å². The predicted octanol–water partition coefficient (Wildman–Crippen LogP) is 5.45. The third-order valence-electron chi connectivity index (χ3n) is 3.52. The quantitative estimate of drug-likeness (QED) is 0.376. The van der Waals surface area contributed by atoms with Gasteiger partial charge in [0.2, 0.25) is 0 Å². The van der Waals surface area contributed by atoms with Crippen molar-refractivity contribution in [3.63, 3.8) is 0 Å². The van der Waals surface area contributed by atoms with E-state index in [9.17, 15) is 0 Å². The Balaban J connectivity index is 1.95. The van der Waals surface area contributed by atoms with Gasteiger partial charge in [0, 0.05) is 31.3 Å². The van der Waals surface area contributed by atoms with Crippen LogP contribution in [0.5, 0.6) is 0 Å². The van der Waals surface area contributed by atoms with Crippen LogP contribution in [0, 0.1) is 11.8 Å². The number of rotatable bonds is 0. The Kier molecular flexibility index (Phi) is 2.96. The molecule has 98 valence electrons. The maximum Gasteiger partial charge on any atom is 0.0367 e. The standard InChI is InChI=1S/C20H12S/c1-2-7-15(8-3-1)13-14-16-9-6-12-19-20(16)17-10-4-5-11-18(17)21-19/h1-12H. The van der Waals surface area contributed by atoms with E-state index < -0.39 is 0 Å². The molecule has 0 aliphatic heterocycles. The minimum absolute atomic E-state index is 1.05. The molecule has 0 fully saturated rings. The number of benzene rings is 3. The van der Waals surface area contributed by atoms with Gasteiger partial charge < -0.3 is 0 Å². The summed E-state index contributed by atoms with van der Waals surface area (Å²) in [6.07, 6.45) is 0. The summed E-state index contributed by atoms with van der Waals surface area (Å²) in [6.45, 7) is 0. The van der Waals surface area contributed by atoms with Crippen LogP contribution in [0.25, 0.3) is 20.2 Å². The van der Waals surface area contributed by atoms with E-state index in [1.807, 2.05) is 41.7 Å². The first kappa shape index (κ1) is 12.2. The molecule has 0 amide bonds. The Morgan fingerprint density at radius 3 is 2.29 bits per heavy atom. The first-order chi connectivity index (χ1) is 10.4. The lowest BCUT2D eigenvalue weighted by atomic mass is 10.1. The third-order valence-corrected chi connectivity index (χ3v) is 4.65. The Morgan fingerprint density at radius 1 is 0.619 bits per heavy atom. The number of thiophene rings is 1.